The van der Waals surface area contributed by atoms with Crippen LogP contribution in [0.3, 0.4) is 0 Å². The largest absolute Gasteiger partial charge is 0.437 e. The van der Waals surface area contributed by atoms with Gasteiger partial charge in [-0.25, -0.2) is 0 Å². The number of aromatic nitrogens is 1. The van der Waals surface area contributed by atoms with Gasteiger partial charge in [0.15, 0.2) is 11.3 Å². The zero-order chi connectivity index (χ0) is 12.6. The average molecular weight is 243 g/mol. The standard InChI is InChI=1S/C12H12F3NO/c1-3-4-8-7(2)5-6-9-10(8)17-16-11(9)12(13,14)15/h5-6H,3-4H2,1-2H3. The van der Waals surface area contributed by atoms with Crippen molar-refractivity contribution < 1.29 is 17.7 Å². The summed E-state index contributed by atoms with van der Waals surface area (Å²) in [5.74, 6) is 0. The Morgan fingerprint density at radius 1 is 1.29 bits per heavy atom. The number of alkyl halides is 3. The molecular weight excluding hydrogens is 231 g/mol. The third-order valence-electron chi connectivity index (χ3n) is 2.75. The van der Waals surface area contributed by atoms with E-state index < -0.39 is 11.9 Å². The van der Waals surface area contributed by atoms with Gasteiger partial charge in [0.25, 0.3) is 0 Å². The Morgan fingerprint density at radius 2 is 2.00 bits per heavy atom. The normalized spacial score (nSPS) is 12.3. The maximum Gasteiger partial charge on any atom is 0.437 e. The van der Waals surface area contributed by atoms with Crippen molar-refractivity contribution in [2.75, 3.05) is 0 Å². The number of halogens is 3. The maximum absolute atomic E-state index is 12.6. The molecule has 92 valence electrons. The van der Waals surface area contributed by atoms with Crippen molar-refractivity contribution in [2.45, 2.75) is 32.9 Å². The molecule has 0 saturated heterocycles. The van der Waals surface area contributed by atoms with Crippen molar-refractivity contribution >= 4 is 11.0 Å². The van der Waals surface area contributed by atoms with Crippen LogP contribution < -0.4 is 0 Å². The minimum Gasteiger partial charge on any atom is -0.355 e. The summed E-state index contributed by atoms with van der Waals surface area (Å²) in [6, 6.07) is 3.10. The summed E-state index contributed by atoms with van der Waals surface area (Å²) in [6.45, 7) is 3.83. The lowest BCUT2D eigenvalue weighted by Crippen LogP contribution is -2.05. The van der Waals surface area contributed by atoms with Crippen LogP contribution in [0.25, 0.3) is 11.0 Å². The molecule has 2 rings (SSSR count). The zero-order valence-corrected chi connectivity index (χ0v) is 9.56. The van der Waals surface area contributed by atoms with E-state index in [-0.39, 0.29) is 11.0 Å². The average Bonchev–Trinajstić information content (AvgIpc) is 2.65. The van der Waals surface area contributed by atoms with Gasteiger partial charge < -0.3 is 4.52 Å². The Hall–Kier alpha value is -1.52. The zero-order valence-electron chi connectivity index (χ0n) is 9.56. The molecule has 0 radical (unpaired) electrons. The number of hydrogen-bond acceptors (Lipinski definition) is 2. The van der Waals surface area contributed by atoms with Crippen molar-refractivity contribution in [1.82, 2.24) is 5.16 Å². The predicted molar refractivity (Wildman–Crippen MR) is 57.7 cm³/mol. The number of aryl methyl sites for hydroxylation is 2. The van der Waals surface area contributed by atoms with E-state index in [9.17, 15) is 13.2 Å². The van der Waals surface area contributed by atoms with Crippen LogP contribution in [0.5, 0.6) is 0 Å². The van der Waals surface area contributed by atoms with Crippen molar-refractivity contribution in [2.24, 2.45) is 0 Å². The van der Waals surface area contributed by atoms with Gasteiger partial charge in [-0.3, -0.25) is 0 Å². The minimum atomic E-state index is -4.47. The molecule has 0 fully saturated rings. The number of hydrogen-bond donors (Lipinski definition) is 0. The highest BCUT2D eigenvalue weighted by atomic mass is 19.4. The fraction of sp³-hybridized carbons (Fsp3) is 0.417. The number of rotatable bonds is 2. The second-order valence-corrected chi connectivity index (χ2v) is 4.02. The molecule has 0 atom stereocenters. The molecule has 0 amide bonds. The summed E-state index contributed by atoms with van der Waals surface area (Å²) >= 11 is 0. The Kier molecular flexibility index (Phi) is 2.85. The number of nitrogens with zero attached hydrogens (tertiary/aromatic N) is 1. The fourth-order valence-corrected chi connectivity index (χ4v) is 1.92. The molecule has 0 aliphatic rings. The SMILES string of the molecule is CCCc1c(C)ccc2c(C(F)(F)F)noc12. The van der Waals surface area contributed by atoms with Gasteiger partial charge >= 0.3 is 6.18 Å². The molecule has 0 saturated carbocycles. The van der Waals surface area contributed by atoms with Crippen molar-refractivity contribution in [1.29, 1.82) is 0 Å². The summed E-state index contributed by atoms with van der Waals surface area (Å²) in [5, 5.41) is 3.20. The smallest absolute Gasteiger partial charge is 0.355 e. The molecule has 0 N–H and O–H groups in total. The summed E-state index contributed by atoms with van der Waals surface area (Å²) in [6.07, 6.45) is -2.93. The molecule has 2 nitrogen and oxygen atoms in total. The Morgan fingerprint density at radius 3 is 2.59 bits per heavy atom. The second-order valence-electron chi connectivity index (χ2n) is 4.02. The van der Waals surface area contributed by atoms with Gasteiger partial charge in [0.1, 0.15) is 0 Å². The quantitative estimate of drug-likeness (QED) is 0.793. The van der Waals surface area contributed by atoms with Crippen LogP contribution in [0.1, 0.15) is 30.2 Å². The van der Waals surface area contributed by atoms with Crippen LogP contribution in [0.15, 0.2) is 16.7 Å². The molecule has 17 heavy (non-hydrogen) atoms. The lowest BCUT2D eigenvalue weighted by atomic mass is 10.0. The first-order valence-corrected chi connectivity index (χ1v) is 5.40. The molecule has 0 unspecified atom stereocenters. The van der Waals surface area contributed by atoms with Crippen LogP contribution in [-0.4, -0.2) is 5.16 Å². The minimum absolute atomic E-state index is 0.0477. The molecular formula is C12H12F3NO. The van der Waals surface area contributed by atoms with E-state index in [1.54, 1.807) is 6.07 Å². The lowest BCUT2D eigenvalue weighted by Gasteiger charge is -2.05. The molecule has 0 aliphatic carbocycles. The molecule has 0 bridgehead atoms. The monoisotopic (exact) mass is 243 g/mol. The first-order chi connectivity index (χ1) is 7.95. The van der Waals surface area contributed by atoms with E-state index in [4.69, 9.17) is 4.52 Å². The van der Waals surface area contributed by atoms with E-state index in [1.807, 2.05) is 13.8 Å². The van der Waals surface area contributed by atoms with Crippen molar-refractivity contribution in [3.8, 4) is 0 Å². The van der Waals surface area contributed by atoms with Crippen LogP contribution in [0.2, 0.25) is 0 Å². The van der Waals surface area contributed by atoms with Gasteiger partial charge in [0.2, 0.25) is 0 Å². The van der Waals surface area contributed by atoms with Crippen molar-refractivity contribution in [3.05, 3.63) is 29.0 Å². The van der Waals surface area contributed by atoms with E-state index in [0.717, 1.165) is 17.5 Å². The second kappa shape index (κ2) is 4.05. The fourth-order valence-electron chi connectivity index (χ4n) is 1.92. The van der Waals surface area contributed by atoms with E-state index in [2.05, 4.69) is 5.16 Å². The van der Waals surface area contributed by atoms with E-state index in [0.29, 0.717) is 6.42 Å². The van der Waals surface area contributed by atoms with Crippen LogP contribution >= 0.6 is 0 Å². The third-order valence-corrected chi connectivity index (χ3v) is 2.75. The lowest BCUT2D eigenvalue weighted by molar-refractivity contribution is -0.141. The first-order valence-electron chi connectivity index (χ1n) is 5.40. The molecule has 1 aromatic carbocycles. The van der Waals surface area contributed by atoms with Gasteiger partial charge in [-0.15, -0.1) is 0 Å². The van der Waals surface area contributed by atoms with Gasteiger partial charge in [-0.1, -0.05) is 24.6 Å². The van der Waals surface area contributed by atoms with Crippen LogP contribution in [0, 0.1) is 6.92 Å². The molecule has 5 heteroatoms. The van der Waals surface area contributed by atoms with Crippen LogP contribution in [0.4, 0.5) is 13.2 Å². The van der Waals surface area contributed by atoms with E-state index in [1.165, 1.54) is 6.07 Å². The highest BCUT2D eigenvalue weighted by Crippen LogP contribution is 2.36. The summed E-state index contributed by atoms with van der Waals surface area (Å²) < 4.78 is 42.8. The summed E-state index contributed by atoms with van der Waals surface area (Å²) in [5.41, 5.74) is 1.07. The van der Waals surface area contributed by atoms with Gasteiger partial charge in [0, 0.05) is 5.56 Å². The first kappa shape index (κ1) is 12.0. The number of fused-ring (bicyclic) bond motifs is 1. The summed E-state index contributed by atoms with van der Waals surface area (Å²) in [7, 11) is 0. The molecule has 1 aromatic heterocycles. The molecule has 0 spiro atoms. The molecule has 0 aliphatic heterocycles. The highest BCUT2D eigenvalue weighted by Gasteiger charge is 2.37. The predicted octanol–water partition coefficient (Wildman–Crippen LogP) is 4.11. The third kappa shape index (κ3) is 2.01. The van der Waals surface area contributed by atoms with Gasteiger partial charge in [-0.2, -0.15) is 13.2 Å². The van der Waals surface area contributed by atoms with E-state index >= 15 is 0 Å². The van der Waals surface area contributed by atoms with Crippen molar-refractivity contribution in [3.63, 3.8) is 0 Å². The number of benzene rings is 1. The summed E-state index contributed by atoms with van der Waals surface area (Å²) in [4.78, 5) is 0. The van der Waals surface area contributed by atoms with Crippen LogP contribution in [-0.2, 0) is 12.6 Å². The highest BCUT2D eigenvalue weighted by molar-refractivity contribution is 5.84. The Bertz CT molecular complexity index is 542. The Labute approximate surface area is 96.4 Å². The Balaban J connectivity index is 2.68. The maximum atomic E-state index is 12.6. The molecule has 2 aromatic rings. The topological polar surface area (TPSA) is 26.0 Å². The molecule has 1 heterocycles. The van der Waals surface area contributed by atoms with Gasteiger partial charge in [0.05, 0.1) is 5.39 Å². The van der Waals surface area contributed by atoms with Gasteiger partial charge in [-0.05, 0) is 25.0 Å².